The Morgan fingerprint density at radius 3 is 2.59 bits per heavy atom. The van der Waals surface area contributed by atoms with E-state index in [2.05, 4.69) is 21.8 Å². The predicted molar refractivity (Wildman–Crippen MR) is 92.8 cm³/mol. The number of halogens is 2. The Kier molecular flexibility index (Phi) is 4.78. The maximum absolute atomic E-state index is 10.1. The Morgan fingerprint density at radius 2 is 1.91 bits per heavy atom. The summed E-state index contributed by atoms with van der Waals surface area (Å²) < 4.78 is 0. The number of likely N-dealkylation sites (N-methyl/N-ethyl adjacent to an activating group) is 1. The summed E-state index contributed by atoms with van der Waals surface area (Å²) in [6, 6.07) is 5.53. The number of rotatable bonds is 3. The van der Waals surface area contributed by atoms with Gasteiger partial charge in [-0.1, -0.05) is 40.6 Å². The molecule has 2 aromatic rings. The highest BCUT2D eigenvalue weighted by molar-refractivity contribution is 7.15. The van der Waals surface area contributed by atoms with Crippen LogP contribution in [-0.2, 0) is 6.42 Å². The fourth-order valence-corrected chi connectivity index (χ4v) is 3.78. The number of aromatic hydroxyl groups is 1. The van der Waals surface area contributed by atoms with Crippen molar-refractivity contribution < 1.29 is 5.11 Å². The number of benzene rings is 1. The lowest BCUT2D eigenvalue weighted by Crippen LogP contribution is -2.44. The van der Waals surface area contributed by atoms with Gasteiger partial charge in [-0.15, -0.1) is 0 Å². The van der Waals surface area contributed by atoms with Crippen LogP contribution in [0.4, 0.5) is 5.13 Å². The van der Waals surface area contributed by atoms with Crippen molar-refractivity contribution in [1.82, 2.24) is 9.88 Å². The molecule has 1 saturated heterocycles. The third kappa shape index (κ3) is 3.49. The molecule has 0 bridgehead atoms. The van der Waals surface area contributed by atoms with Gasteiger partial charge in [0.1, 0.15) is 0 Å². The average Bonchev–Trinajstić information content (AvgIpc) is 2.85. The molecule has 0 amide bonds. The average molecular weight is 358 g/mol. The van der Waals surface area contributed by atoms with Gasteiger partial charge in [-0.05, 0) is 24.7 Å². The lowest BCUT2D eigenvalue weighted by Gasteiger charge is -2.31. The first-order valence-electron chi connectivity index (χ1n) is 7.09. The molecule has 0 radical (unpaired) electrons. The molecule has 118 valence electrons. The molecule has 22 heavy (non-hydrogen) atoms. The standard InChI is InChI=1S/C15H17Cl2N3OS/c1-19-4-6-20(7-5-19)15-18-14(21)13(22-15)9-10-2-3-11(16)12(17)8-10/h2-3,8,21H,4-7,9H2,1H3. The van der Waals surface area contributed by atoms with Crippen molar-refractivity contribution in [3.63, 3.8) is 0 Å². The van der Waals surface area contributed by atoms with E-state index in [9.17, 15) is 5.11 Å². The molecule has 1 aliphatic rings. The van der Waals surface area contributed by atoms with Gasteiger partial charge in [0, 0.05) is 32.6 Å². The molecule has 1 N–H and O–H groups in total. The number of hydrogen-bond acceptors (Lipinski definition) is 5. The SMILES string of the molecule is CN1CCN(c2nc(O)c(Cc3ccc(Cl)c(Cl)c3)s2)CC1. The van der Waals surface area contributed by atoms with E-state index in [0.29, 0.717) is 16.5 Å². The molecule has 0 saturated carbocycles. The van der Waals surface area contributed by atoms with Crippen LogP contribution in [0.3, 0.4) is 0 Å². The fourth-order valence-electron chi connectivity index (χ4n) is 2.41. The Hall–Kier alpha value is -1.01. The van der Waals surface area contributed by atoms with Crippen LogP contribution in [0, 0.1) is 0 Å². The summed E-state index contributed by atoms with van der Waals surface area (Å²) in [4.78, 5) is 9.69. The van der Waals surface area contributed by atoms with Crippen LogP contribution in [0.5, 0.6) is 5.88 Å². The molecule has 1 aliphatic heterocycles. The number of piperazine rings is 1. The van der Waals surface area contributed by atoms with Crippen LogP contribution >= 0.6 is 34.5 Å². The van der Waals surface area contributed by atoms with Gasteiger partial charge in [-0.3, -0.25) is 0 Å². The van der Waals surface area contributed by atoms with Crippen molar-refractivity contribution in [1.29, 1.82) is 0 Å². The summed E-state index contributed by atoms with van der Waals surface area (Å²) in [7, 11) is 2.12. The quantitative estimate of drug-likeness (QED) is 0.912. The predicted octanol–water partition coefficient (Wildman–Crippen LogP) is 3.50. The highest BCUT2D eigenvalue weighted by Crippen LogP contribution is 2.34. The first-order valence-corrected chi connectivity index (χ1v) is 8.66. The Labute approximate surface area is 143 Å². The summed E-state index contributed by atoms with van der Waals surface area (Å²) in [6.45, 7) is 3.91. The Bertz CT molecular complexity index is 669. The van der Waals surface area contributed by atoms with E-state index in [4.69, 9.17) is 23.2 Å². The van der Waals surface area contributed by atoms with Crippen molar-refractivity contribution in [3.05, 3.63) is 38.7 Å². The lowest BCUT2D eigenvalue weighted by molar-refractivity contribution is 0.312. The minimum Gasteiger partial charge on any atom is -0.492 e. The number of nitrogens with zero attached hydrogens (tertiary/aromatic N) is 3. The largest absolute Gasteiger partial charge is 0.492 e. The summed E-state index contributed by atoms with van der Waals surface area (Å²) in [6.07, 6.45) is 0.605. The number of aromatic nitrogens is 1. The van der Waals surface area contributed by atoms with Crippen molar-refractivity contribution in [3.8, 4) is 5.88 Å². The fraction of sp³-hybridized carbons (Fsp3) is 0.400. The van der Waals surface area contributed by atoms with Gasteiger partial charge in [0.2, 0.25) is 5.88 Å². The van der Waals surface area contributed by atoms with Gasteiger partial charge in [0.25, 0.3) is 0 Å². The number of anilines is 1. The van der Waals surface area contributed by atoms with Gasteiger partial charge in [-0.2, -0.15) is 4.98 Å². The zero-order valence-electron chi connectivity index (χ0n) is 12.2. The van der Waals surface area contributed by atoms with Crippen LogP contribution in [0.1, 0.15) is 10.4 Å². The maximum Gasteiger partial charge on any atom is 0.227 e. The second kappa shape index (κ2) is 6.62. The van der Waals surface area contributed by atoms with Gasteiger partial charge in [-0.25, -0.2) is 0 Å². The van der Waals surface area contributed by atoms with Gasteiger partial charge in [0.05, 0.1) is 14.9 Å². The van der Waals surface area contributed by atoms with E-state index >= 15 is 0 Å². The second-order valence-corrected chi connectivity index (χ2v) is 7.34. The normalized spacial score (nSPS) is 16.2. The van der Waals surface area contributed by atoms with Crippen molar-refractivity contribution in [2.24, 2.45) is 0 Å². The van der Waals surface area contributed by atoms with Crippen molar-refractivity contribution in [2.75, 3.05) is 38.1 Å². The molecule has 1 aromatic carbocycles. The summed E-state index contributed by atoms with van der Waals surface area (Å²) in [5.74, 6) is 0.116. The highest BCUT2D eigenvalue weighted by atomic mass is 35.5. The van der Waals surface area contributed by atoms with Crippen LogP contribution in [0.2, 0.25) is 10.0 Å². The van der Waals surface area contributed by atoms with Crippen molar-refractivity contribution >= 4 is 39.7 Å². The first-order chi connectivity index (χ1) is 10.5. The zero-order chi connectivity index (χ0) is 15.7. The molecule has 7 heteroatoms. The lowest BCUT2D eigenvalue weighted by atomic mass is 10.1. The van der Waals surface area contributed by atoms with Crippen LogP contribution < -0.4 is 4.90 Å². The molecule has 0 unspecified atom stereocenters. The highest BCUT2D eigenvalue weighted by Gasteiger charge is 2.20. The van der Waals surface area contributed by atoms with E-state index in [-0.39, 0.29) is 5.88 Å². The Morgan fingerprint density at radius 1 is 1.18 bits per heavy atom. The molecule has 2 heterocycles. The summed E-state index contributed by atoms with van der Waals surface area (Å²) in [5.41, 5.74) is 1.01. The maximum atomic E-state index is 10.1. The van der Waals surface area contributed by atoms with E-state index in [0.717, 1.165) is 41.8 Å². The van der Waals surface area contributed by atoms with Crippen LogP contribution in [0.15, 0.2) is 18.2 Å². The van der Waals surface area contributed by atoms with E-state index in [1.165, 1.54) is 0 Å². The van der Waals surface area contributed by atoms with Crippen LogP contribution in [-0.4, -0.2) is 48.2 Å². The summed E-state index contributed by atoms with van der Waals surface area (Å²) in [5, 5.41) is 12.1. The topological polar surface area (TPSA) is 39.6 Å². The van der Waals surface area contributed by atoms with Gasteiger partial charge < -0.3 is 14.9 Å². The molecule has 0 atom stereocenters. The van der Waals surface area contributed by atoms with E-state index < -0.39 is 0 Å². The smallest absolute Gasteiger partial charge is 0.227 e. The minimum absolute atomic E-state index is 0.116. The molecular formula is C15H17Cl2N3OS. The zero-order valence-corrected chi connectivity index (χ0v) is 14.5. The molecule has 3 rings (SSSR count). The summed E-state index contributed by atoms with van der Waals surface area (Å²) >= 11 is 13.5. The van der Waals surface area contributed by atoms with Crippen LogP contribution in [0.25, 0.3) is 0 Å². The third-order valence-corrected chi connectivity index (χ3v) is 5.63. The van der Waals surface area contributed by atoms with Gasteiger partial charge in [0.15, 0.2) is 5.13 Å². The number of hydrogen-bond donors (Lipinski definition) is 1. The molecule has 0 spiro atoms. The molecule has 1 fully saturated rings. The third-order valence-electron chi connectivity index (χ3n) is 3.79. The number of thiazole rings is 1. The van der Waals surface area contributed by atoms with Crippen molar-refractivity contribution in [2.45, 2.75) is 6.42 Å². The molecule has 4 nitrogen and oxygen atoms in total. The Balaban J connectivity index is 1.76. The van der Waals surface area contributed by atoms with E-state index in [1.807, 2.05) is 12.1 Å². The second-order valence-electron chi connectivity index (χ2n) is 5.46. The van der Waals surface area contributed by atoms with Gasteiger partial charge >= 0.3 is 0 Å². The molecule has 0 aliphatic carbocycles. The first kappa shape index (κ1) is 15.9. The van der Waals surface area contributed by atoms with E-state index in [1.54, 1.807) is 17.4 Å². The molecule has 1 aromatic heterocycles. The monoisotopic (exact) mass is 357 g/mol. The minimum atomic E-state index is 0.116. The molecular weight excluding hydrogens is 341 g/mol.